The van der Waals surface area contributed by atoms with Crippen LogP contribution in [-0.4, -0.2) is 6.03 Å². The molecular formula is C13H11ClFN3O. The number of urea groups is 1. The lowest BCUT2D eigenvalue weighted by atomic mass is 10.2. The largest absolute Gasteiger partial charge is 0.399 e. The first-order valence-corrected chi connectivity index (χ1v) is 5.81. The Bertz CT molecular complexity index is 601. The molecule has 0 spiro atoms. The average molecular weight is 280 g/mol. The van der Waals surface area contributed by atoms with Crippen molar-refractivity contribution in [3.63, 3.8) is 0 Å². The molecule has 0 aromatic heterocycles. The molecule has 2 aromatic carbocycles. The van der Waals surface area contributed by atoms with Gasteiger partial charge < -0.3 is 16.4 Å². The maximum Gasteiger partial charge on any atom is 0.323 e. The molecule has 2 amide bonds. The van der Waals surface area contributed by atoms with Gasteiger partial charge in [-0.1, -0.05) is 11.6 Å². The summed E-state index contributed by atoms with van der Waals surface area (Å²) < 4.78 is 13.4. The van der Waals surface area contributed by atoms with E-state index in [4.69, 9.17) is 17.3 Å². The van der Waals surface area contributed by atoms with Crippen molar-refractivity contribution < 1.29 is 9.18 Å². The lowest BCUT2D eigenvalue weighted by Gasteiger charge is -2.09. The molecule has 98 valence electrons. The van der Waals surface area contributed by atoms with Crippen LogP contribution in [0.1, 0.15) is 0 Å². The highest BCUT2D eigenvalue weighted by Gasteiger charge is 2.07. The van der Waals surface area contributed by atoms with Gasteiger partial charge in [0, 0.05) is 16.4 Å². The van der Waals surface area contributed by atoms with Gasteiger partial charge >= 0.3 is 6.03 Å². The summed E-state index contributed by atoms with van der Waals surface area (Å²) in [4.78, 5) is 11.7. The molecule has 2 rings (SSSR count). The smallest absolute Gasteiger partial charge is 0.323 e. The van der Waals surface area contributed by atoms with Crippen LogP contribution in [0.25, 0.3) is 0 Å². The van der Waals surface area contributed by atoms with Crippen LogP contribution in [-0.2, 0) is 0 Å². The van der Waals surface area contributed by atoms with E-state index in [1.807, 2.05) is 0 Å². The Morgan fingerprint density at radius 1 is 1.11 bits per heavy atom. The second kappa shape index (κ2) is 5.58. The van der Waals surface area contributed by atoms with Crippen LogP contribution in [0.5, 0.6) is 0 Å². The lowest BCUT2D eigenvalue weighted by Crippen LogP contribution is -2.20. The number of amides is 2. The average Bonchev–Trinajstić information content (AvgIpc) is 2.37. The molecule has 0 bridgehead atoms. The summed E-state index contributed by atoms with van der Waals surface area (Å²) in [6, 6.07) is 9.93. The van der Waals surface area contributed by atoms with Crippen molar-refractivity contribution in [1.82, 2.24) is 0 Å². The third-order valence-corrected chi connectivity index (χ3v) is 2.59. The SMILES string of the molecule is Nc1ccc(F)c(NC(=O)Nc2ccc(Cl)cc2)c1. The quantitative estimate of drug-likeness (QED) is 0.734. The van der Waals surface area contributed by atoms with E-state index in [0.717, 1.165) is 0 Å². The Balaban J connectivity index is 2.05. The van der Waals surface area contributed by atoms with Gasteiger partial charge in [-0.2, -0.15) is 0 Å². The second-order valence-electron chi connectivity index (χ2n) is 3.83. The molecule has 0 aliphatic rings. The van der Waals surface area contributed by atoms with Crippen molar-refractivity contribution in [2.45, 2.75) is 0 Å². The van der Waals surface area contributed by atoms with Crippen LogP contribution in [0.3, 0.4) is 0 Å². The van der Waals surface area contributed by atoms with Crippen molar-refractivity contribution in [3.8, 4) is 0 Å². The van der Waals surface area contributed by atoms with Gasteiger partial charge in [-0.15, -0.1) is 0 Å². The number of halogens is 2. The zero-order valence-electron chi connectivity index (χ0n) is 9.78. The molecule has 0 fully saturated rings. The van der Waals surface area contributed by atoms with E-state index >= 15 is 0 Å². The molecule has 0 heterocycles. The summed E-state index contributed by atoms with van der Waals surface area (Å²) in [5, 5.41) is 5.49. The van der Waals surface area contributed by atoms with E-state index in [2.05, 4.69) is 10.6 Å². The summed E-state index contributed by atoms with van der Waals surface area (Å²) in [5.41, 5.74) is 6.45. The van der Waals surface area contributed by atoms with Gasteiger partial charge in [-0.25, -0.2) is 9.18 Å². The predicted octanol–water partition coefficient (Wildman–Crippen LogP) is 3.71. The van der Waals surface area contributed by atoms with E-state index in [-0.39, 0.29) is 5.69 Å². The molecule has 0 atom stereocenters. The summed E-state index contributed by atoms with van der Waals surface area (Å²) in [7, 11) is 0. The van der Waals surface area contributed by atoms with E-state index in [9.17, 15) is 9.18 Å². The fourth-order valence-corrected chi connectivity index (χ4v) is 1.58. The van der Waals surface area contributed by atoms with E-state index in [1.54, 1.807) is 24.3 Å². The first-order valence-electron chi connectivity index (χ1n) is 5.43. The molecule has 6 heteroatoms. The van der Waals surface area contributed by atoms with Crippen LogP contribution < -0.4 is 16.4 Å². The number of hydrogen-bond acceptors (Lipinski definition) is 2. The van der Waals surface area contributed by atoms with E-state index in [1.165, 1.54) is 18.2 Å². The number of rotatable bonds is 2. The van der Waals surface area contributed by atoms with Crippen molar-refractivity contribution in [2.75, 3.05) is 16.4 Å². The van der Waals surface area contributed by atoms with Gasteiger partial charge in [-0.3, -0.25) is 0 Å². The Morgan fingerprint density at radius 3 is 2.47 bits per heavy atom. The summed E-state index contributed by atoms with van der Waals surface area (Å²) in [6.45, 7) is 0. The minimum atomic E-state index is -0.563. The van der Waals surface area contributed by atoms with E-state index < -0.39 is 11.8 Å². The molecular weight excluding hydrogens is 269 g/mol. The van der Waals surface area contributed by atoms with Crippen molar-refractivity contribution >= 4 is 34.7 Å². The number of nitrogen functional groups attached to an aromatic ring is 1. The van der Waals surface area contributed by atoms with Crippen LogP contribution in [0, 0.1) is 5.82 Å². The number of benzene rings is 2. The van der Waals surface area contributed by atoms with Crippen LogP contribution in [0.2, 0.25) is 5.02 Å². The minimum Gasteiger partial charge on any atom is -0.399 e. The molecule has 0 aliphatic carbocycles. The zero-order chi connectivity index (χ0) is 13.8. The van der Waals surface area contributed by atoms with Gasteiger partial charge in [0.25, 0.3) is 0 Å². The number of carbonyl (C=O) groups is 1. The Morgan fingerprint density at radius 2 is 1.79 bits per heavy atom. The number of hydrogen-bond donors (Lipinski definition) is 3. The van der Waals surface area contributed by atoms with Crippen molar-refractivity contribution in [3.05, 3.63) is 53.3 Å². The highest BCUT2D eigenvalue weighted by molar-refractivity contribution is 6.30. The molecule has 0 saturated carbocycles. The molecule has 0 radical (unpaired) electrons. The fourth-order valence-electron chi connectivity index (χ4n) is 1.46. The third kappa shape index (κ3) is 3.59. The summed E-state index contributed by atoms with van der Waals surface area (Å²) in [6.07, 6.45) is 0. The molecule has 4 nitrogen and oxygen atoms in total. The molecule has 2 aromatic rings. The van der Waals surface area contributed by atoms with Crippen molar-refractivity contribution in [2.24, 2.45) is 0 Å². The predicted molar refractivity (Wildman–Crippen MR) is 74.9 cm³/mol. The minimum absolute atomic E-state index is 0.0199. The van der Waals surface area contributed by atoms with Gasteiger partial charge in [0.2, 0.25) is 0 Å². The zero-order valence-corrected chi connectivity index (χ0v) is 10.5. The number of anilines is 3. The molecule has 19 heavy (non-hydrogen) atoms. The molecule has 0 unspecified atom stereocenters. The highest BCUT2D eigenvalue weighted by atomic mass is 35.5. The summed E-state index contributed by atoms with van der Waals surface area (Å²) >= 11 is 5.72. The monoisotopic (exact) mass is 279 g/mol. The number of nitrogens with one attached hydrogen (secondary N) is 2. The van der Waals surface area contributed by atoms with E-state index in [0.29, 0.717) is 16.4 Å². The number of carbonyl (C=O) groups excluding carboxylic acids is 1. The van der Waals surface area contributed by atoms with Gasteiger partial charge in [0.1, 0.15) is 5.82 Å². The normalized spacial score (nSPS) is 10.0. The fraction of sp³-hybridized carbons (Fsp3) is 0. The molecule has 0 saturated heterocycles. The first kappa shape index (κ1) is 13.2. The lowest BCUT2D eigenvalue weighted by molar-refractivity contribution is 0.262. The maximum absolute atomic E-state index is 13.4. The third-order valence-electron chi connectivity index (χ3n) is 2.34. The maximum atomic E-state index is 13.4. The molecule has 0 aliphatic heterocycles. The van der Waals surface area contributed by atoms with Gasteiger partial charge in [-0.05, 0) is 42.5 Å². The molecule has 4 N–H and O–H groups in total. The van der Waals surface area contributed by atoms with Crippen molar-refractivity contribution in [1.29, 1.82) is 0 Å². The van der Waals surface area contributed by atoms with Gasteiger partial charge in [0.05, 0.1) is 5.69 Å². The second-order valence-corrected chi connectivity index (χ2v) is 4.26. The van der Waals surface area contributed by atoms with Gasteiger partial charge in [0.15, 0.2) is 0 Å². The Labute approximate surface area is 114 Å². The Kier molecular flexibility index (Phi) is 3.87. The van der Waals surface area contributed by atoms with Crippen LogP contribution >= 0.6 is 11.6 Å². The van der Waals surface area contributed by atoms with Crippen LogP contribution in [0.15, 0.2) is 42.5 Å². The Hall–Kier alpha value is -2.27. The highest BCUT2D eigenvalue weighted by Crippen LogP contribution is 2.18. The summed E-state index contributed by atoms with van der Waals surface area (Å²) in [5.74, 6) is -0.555. The number of nitrogens with two attached hydrogens (primary N) is 1. The van der Waals surface area contributed by atoms with Crippen LogP contribution in [0.4, 0.5) is 26.2 Å². The topological polar surface area (TPSA) is 67.1 Å². The standard InChI is InChI=1S/C13H11ClFN3O/c14-8-1-4-10(5-2-8)17-13(19)18-12-7-9(16)3-6-11(12)15/h1-7H,16H2,(H2,17,18,19). The first-order chi connectivity index (χ1) is 9.04.